The van der Waals surface area contributed by atoms with Crippen molar-refractivity contribution in [2.75, 3.05) is 11.9 Å². The number of carbonyl (C=O) groups excluding carboxylic acids is 1. The third kappa shape index (κ3) is 3.75. The number of phenols is 1. The summed E-state index contributed by atoms with van der Waals surface area (Å²) in [6, 6.07) is 13.3. The summed E-state index contributed by atoms with van der Waals surface area (Å²) in [6.45, 7) is 2.37. The van der Waals surface area contributed by atoms with E-state index in [9.17, 15) is 9.90 Å². The Balaban J connectivity index is 1.83. The van der Waals surface area contributed by atoms with Crippen LogP contribution in [0.3, 0.4) is 0 Å². The minimum Gasteiger partial charge on any atom is -0.507 e. The summed E-state index contributed by atoms with van der Waals surface area (Å²) in [5.41, 5.74) is 1.68. The molecule has 0 aliphatic rings. The summed E-state index contributed by atoms with van der Waals surface area (Å²) in [7, 11) is 0. The van der Waals surface area contributed by atoms with Gasteiger partial charge < -0.3 is 15.2 Å². The maximum Gasteiger partial charge on any atom is 0.273 e. The highest BCUT2D eigenvalue weighted by atomic mass is 35.5. The summed E-state index contributed by atoms with van der Waals surface area (Å²) in [5.74, 6) is 0.252. The highest BCUT2D eigenvalue weighted by Crippen LogP contribution is 2.31. The van der Waals surface area contributed by atoms with Gasteiger partial charge in [-0.15, -0.1) is 0 Å². The predicted octanol–water partition coefficient (Wildman–Crippen LogP) is 4.09. The molecule has 2 aromatic carbocycles. The van der Waals surface area contributed by atoms with Crippen LogP contribution in [0.1, 0.15) is 17.4 Å². The first-order valence-corrected chi connectivity index (χ1v) is 8.03. The fourth-order valence-electron chi connectivity index (χ4n) is 2.33. The van der Waals surface area contributed by atoms with E-state index in [1.807, 2.05) is 13.0 Å². The number of anilines is 1. The Morgan fingerprint density at radius 2 is 2.08 bits per heavy atom. The van der Waals surface area contributed by atoms with E-state index in [2.05, 4.69) is 15.5 Å². The van der Waals surface area contributed by atoms with Gasteiger partial charge in [0.25, 0.3) is 5.91 Å². The van der Waals surface area contributed by atoms with E-state index in [0.717, 1.165) is 0 Å². The molecule has 3 aromatic rings. The topological polar surface area (TPSA) is 87.2 Å². The second kappa shape index (κ2) is 7.27. The number of aromatic hydroxyl groups is 1. The number of aromatic amines is 1. The van der Waals surface area contributed by atoms with E-state index in [1.54, 1.807) is 36.4 Å². The molecule has 1 heterocycles. The van der Waals surface area contributed by atoms with Gasteiger partial charge in [-0.25, -0.2) is 0 Å². The van der Waals surface area contributed by atoms with Crippen molar-refractivity contribution >= 4 is 23.2 Å². The number of rotatable bonds is 5. The van der Waals surface area contributed by atoms with Crippen LogP contribution in [0.2, 0.25) is 5.02 Å². The van der Waals surface area contributed by atoms with E-state index in [1.165, 1.54) is 6.07 Å². The van der Waals surface area contributed by atoms with Crippen LogP contribution in [0.25, 0.3) is 11.3 Å². The first-order chi connectivity index (χ1) is 12.1. The van der Waals surface area contributed by atoms with Crippen molar-refractivity contribution in [3.05, 3.63) is 59.2 Å². The van der Waals surface area contributed by atoms with E-state index in [4.69, 9.17) is 16.3 Å². The van der Waals surface area contributed by atoms with Gasteiger partial charge in [0.1, 0.15) is 17.2 Å². The van der Waals surface area contributed by atoms with E-state index in [-0.39, 0.29) is 17.4 Å². The van der Waals surface area contributed by atoms with Crippen molar-refractivity contribution in [2.45, 2.75) is 6.92 Å². The van der Waals surface area contributed by atoms with Crippen molar-refractivity contribution in [2.24, 2.45) is 0 Å². The summed E-state index contributed by atoms with van der Waals surface area (Å²) in [6.07, 6.45) is 0. The van der Waals surface area contributed by atoms with E-state index < -0.39 is 0 Å². The van der Waals surface area contributed by atoms with Gasteiger partial charge in [0.2, 0.25) is 0 Å². The van der Waals surface area contributed by atoms with Crippen LogP contribution < -0.4 is 10.1 Å². The first-order valence-electron chi connectivity index (χ1n) is 7.66. The number of benzene rings is 2. The maximum atomic E-state index is 12.4. The fourth-order valence-corrected chi connectivity index (χ4v) is 2.50. The first kappa shape index (κ1) is 16.9. The lowest BCUT2D eigenvalue weighted by atomic mass is 10.1. The predicted molar refractivity (Wildman–Crippen MR) is 96.3 cm³/mol. The Morgan fingerprint density at radius 1 is 1.28 bits per heavy atom. The van der Waals surface area contributed by atoms with Crippen molar-refractivity contribution in [3.63, 3.8) is 0 Å². The van der Waals surface area contributed by atoms with Gasteiger partial charge in [-0.1, -0.05) is 23.7 Å². The van der Waals surface area contributed by atoms with Crippen molar-refractivity contribution in [1.29, 1.82) is 0 Å². The number of nitrogens with one attached hydrogen (secondary N) is 2. The Morgan fingerprint density at radius 3 is 2.88 bits per heavy atom. The van der Waals surface area contributed by atoms with Crippen LogP contribution in [-0.4, -0.2) is 27.8 Å². The molecule has 0 saturated carbocycles. The molecule has 0 bridgehead atoms. The molecule has 0 saturated heterocycles. The molecule has 128 valence electrons. The lowest BCUT2D eigenvalue weighted by Gasteiger charge is -2.10. The molecule has 0 aliphatic heterocycles. The van der Waals surface area contributed by atoms with Crippen LogP contribution in [0.15, 0.2) is 48.5 Å². The highest BCUT2D eigenvalue weighted by molar-refractivity contribution is 6.31. The minimum absolute atomic E-state index is 0.0320. The quantitative estimate of drug-likeness (QED) is 0.642. The van der Waals surface area contributed by atoms with Crippen LogP contribution in [-0.2, 0) is 0 Å². The number of para-hydroxylation sites is 2. The largest absolute Gasteiger partial charge is 0.507 e. The molecule has 6 nitrogen and oxygen atoms in total. The number of hydrogen-bond acceptors (Lipinski definition) is 4. The number of carbonyl (C=O) groups is 1. The molecule has 25 heavy (non-hydrogen) atoms. The molecule has 3 rings (SSSR count). The summed E-state index contributed by atoms with van der Waals surface area (Å²) in [5, 5.41) is 19.9. The average Bonchev–Trinajstić information content (AvgIpc) is 3.09. The number of halogens is 1. The number of nitrogens with zero attached hydrogens (tertiary/aromatic N) is 1. The Labute approximate surface area is 149 Å². The molecule has 7 heteroatoms. The Hall–Kier alpha value is -2.99. The smallest absolute Gasteiger partial charge is 0.273 e. The summed E-state index contributed by atoms with van der Waals surface area (Å²) >= 11 is 5.95. The molecule has 0 unspecified atom stereocenters. The van der Waals surface area contributed by atoms with Gasteiger partial charge in [-0.05, 0) is 43.3 Å². The third-order valence-electron chi connectivity index (χ3n) is 3.49. The van der Waals surface area contributed by atoms with E-state index in [0.29, 0.717) is 34.3 Å². The lowest BCUT2D eigenvalue weighted by molar-refractivity contribution is 0.102. The summed E-state index contributed by atoms with van der Waals surface area (Å²) in [4.78, 5) is 12.4. The number of aromatic nitrogens is 2. The second-order valence-electron chi connectivity index (χ2n) is 5.21. The SMILES string of the molecule is CCOc1ccccc1NC(=O)c1cc(-c2cc(Cl)ccc2O)n[nH]1. The van der Waals surface area contributed by atoms with Crippen LogP contribution >= 0.6 is 11.6 Å². The minimum atomic E-state index is -0.368. The molecular weight excluding hydrogens is 342 g/mol. The normalized spacial score (nSPS) is 10.5. The molecule has 3 N–H and O–H groups in total. The van der Waals surface area contributed by atoms with Gasteiger partial charge in [-0.2, -0.15) is 5.10 Å². The zero-order valence-corrected chi connectivity index (χ0v) is 14.2. The fraction of sp³-hybridized carbons (Fsp3) is 0.111. The number of H-pyrrole nitrogens is 1. The van der Waals surface area contributed by atoms with Crippen LogP contribution in [0, 0.1) is 0 Å². The zero-order valence-electron chi connectivity index (χ0n) is 13.4. The monoisotopic (exact) mass is 357 g/mol. The zero-order chi connectivity index (χ0) is 17.8. The van der Waals surface area contributed by atoms with Gasteiger partial charge in [-0.3, -0.25) is 9.89 Å². The van der Waals surface area contributed by atoms with Crippen LogP contribution in [0.5, 0.6) is 11.5 Å². The molecular formula is C18H16ClN3O3. The Kier molecular flexibility index (Phi) is 4.90. The van der Waals surface area contributed by atoms with Crippen molar-refractivity contribution in [1.82, 2.24) is 10.2 Å². The average molecular weight is 358 g/mol. The number of phenolic OH excluding ortho intramolecular Hbond substituents is 1. The van der Waals surface area contributed by atoms with Gasteiger partial charge in [0.15, 0.2) is 0 Å². The van der Waals surface area contributed by atoms with Crippen molar-refractivity contribution < 1.29 is 14.6 Å². The number of hydrogen-bond donors (Lipinski definition) is 3. The second-order valence-corrected chi connectivity index (χ2v) is 5.65. The maximum absolute atomic E-state index is 12.4. The van der Waals surface area contributed by atoms with E-state index >= 15 is 0 Å². The standard InChI is InChI=1S/C18H16ClN3O3/c1-2-25-17-6-4-3-5-13(17)20-18(24)15-10-14(21-22-15)12-9-11(19)7-8-16(12)23/h3-10,23H,2H2,1H3,(H,20,24)(H,21,22). The van der Waals surface area contributed by atoms with Crippen molar-refractivity contribution in [3.8, 4) is 22.8 Å². The highest BCUT2D eigenvalue weighted by Gasteiger charge is 2.15. The summed E-state index contributed by atoms with van der Waals surface area (Å²) < 4.78 is 5.49. The van der Waals surface area contributed by atoms with Gasteiger partial charge >= 0.3 is 0 Å². The molecule has 1 amide bonds. The lowest BCUT2D eigenvalue weighted by Crippen LogP contribution is -2.13. The van der Waals surface area contributed by atoms with Gasteiger partial charge in [0, 0.05) is 10.6 Å². The molecule has 0 fully saturated rings. The van der Waals surface area contributed by atoms with Gasteiger partial charge in [0.05, 0.1) is 18.0 Å². The molecule has 0 atom stereocenters. The Bertz CT molecular complexity index is 908. The van der Waals surface area contributed by atoms with Crippen LogP contribution in [0.4, 0.5) is 5.69 Å². The molecule has 0 radical (unpaired) electrons. The number of ether oxygens (including phenoxy) is 1. The molecule has 0 aliphatic carbocycles. The number of amides is 1. The molecule has 1 aromatic heterocycles. The third-order valence-corrected chi connectivity index (χ3v) is 3.73. The molecule has 0 spiro atoms.